The number of nitrogens with zero attached hydrogens (tertiary/aromatic N) is 2. The van der Waals surface area contributed by atoms with Crippen molar-refractivity contribution in [1.82, 2.24) is 9.88 Å². The van der Waals surface area contributed by atoms with Crippen LogP contribution in [0.2, 0.25) is 0 Å². The predicted molar refractivity (Wildman–Crippen MR) is 84.3 cm³/mol. The molecule has 21 heavy (non-hydrogen) atoms. The van der Waals surface area contributed by atoms with Crippen LogP contribution in [0.4, 0.5) is 10.6 Å². The topological polar surface area (TPSA) is 62.3 Å². The van der Waals surface area contributed by atoms with Crippen LogP contribution in [-0.4, -0.2) is 33.8 Å². The summed E-state index contributed by atoms with van der Waals surface area (Å²) >= 11 is 1.19. The molecule has 1 aliphatic heterocycles. The molecule has 1 fully saturated rings. The number of amides is 2. The maximum Gasteiger partial charge on any atom is 0.288 e. The minimum atomic E-state index is -0.179. The van der Waals surface area contributed by atoms with Gasteiger partial charge in [0, 0.05) is 30.2 Å². The Morgan fingerprint density at radius 1 is 1.33 bits per heavy atom. The van der Waals surface area contributed by atoms with Gasteiger partial charge in [-0.2, -0.15) is 0 Å². The van der Waals surface area contributed by atoms with Gasteiger partial charge in [-0.25, -0.2) is 4.98 Å². The highest BCUT2D eigenvalue weighted by atomic mass is 32.2. The van der Waals surface area contributed by atoms with Crippen LogP contribution in [-0.2, 0) is 11.3 Å². The van der Waals surface area contributed by atoms with Crippen molar-refractivity contribution in [3.8, 4) is 0 Å². The Kier molecular flexibility index (Phi) is 3.79. The van der Waals surface area contributed by atoms with E-state index in [4.69, 9.17) is 0 Å². The predicted octanol–water partition coefficient (Wildman–Crippen LogP) is 2.86. The Hall–Kier alpha value is -2.08. The first-order valence-corrected chi connectivity index (χ1v) is 7.71. The number of benzene rings is 1. The summed E-state index contributed by atoms with van der Waals surface area (Å²) < 4.78 is 0. The molecule has 3 rings (SSSR count). The molecule has 0 saturated carbocycles. The molecule has 0 unspecified atom stereocenters. The lowest BCUT2D eigenvalue weighted by atomic mass is 10.1. The van der Waals surface area contributed by atoms with Crippen LogP contribution in [0.3, 0.4) is 0 Å². The second kappa shape index (κ2) is 5.73. The lowest BCUT2D eigenvalue weighted by Gasteiger charge is -2.25. The van der Waals surface area contributed by atoms with E-state index in [1.165, 1.54) is 16.7 Å². The SMILES string of the molecule is CNc1nc2ccccc2cc1CN1C(=O)CCSC1=O. The van der Waals surface area contributed by atoms with Crippen LogP contribution in [0.15, 0.2) is 30.3 Å². The van der Waals surface area contributed by atoms with Crippen molar-refractivity contribution >= 4 is 39.6 Å². The molecule has 2 amide bonds. The van der Waals surface area contributed by atoms with E-state index in [2.05, 4.69) is 10.3 Å². The highest BCUT2D eigenvalue weighted by Gasteiger charge is 2.27. The maximum atomic E-state index is 11.9. The van der Waals surface area contributed by atoms with Crippen LogP contribution in [0.5, 0.6) is 0 Å². The molecule has 0 radical (unpaired) electrons. The Labute approximate surface area is 126 Å². The molecule has 1 N–H and O–H groups in total. The van der Waals surface area contributed by atoms with Gasteiger partial charge in [-0.05, 0) is 12.1 Å². The van der Waals surface area contributed by atoms with Crippen LogP contribution in [0.1, 0.15) is 12.0 Å². The highest BCUT2D eigenvalue weighted by molar-refractivity contribution is 8.13. The second-order valence-corrected chi connectivity index (χ2v) is 5.83. The number of pyridine rings is 1. The van der Waals surface area contributed by atoms with Gasteiger partial charge in [0.2, 0.25) is 5.91 Å². The molecule has 0 spiro atoms. The highest BCUT2D eigenvalue weighted by Crippen LogP contribution is 2.25. The van der Waals surface area contributed by atoms with E-state index in [0.717, 1.165) is 16.5 Å². The molecule has 0 aliphatic carbocycles. The third-order valence-corrected chi connectivity index (χ3v) is 4.31. The minimum absolute atomic E-state index is 0.117. The molecule has 1 aromatic heterocycles. The van der Waals surface area contributed by atoms with Crippen LogP contribution < -0.4 is 5.32 Å². The minimum Gasteiger partial charge on any atom is -0.373 e. The number of hydrogen-bond acceptors (Lipinski definition) is 5. The largest absolute Gasteiger partial charge is 0.373 e. The number of imide groups is 1. The summed E-state index contributed by atoms with van der Waals surface area (Å²) in [5, 5.41) is 3.86. The average molecular weight is 301 g/mol. The molecule has 1 aliphatic rings. The second-order valence-electron chi connectivity index (χ2n) is 4.78. The molecular formula is C15H15N3O2S. The molecule has 1 aromatic carbocycles. The lowest BCUT2D eigenvalue weighted by molar-refractivity contribution is -0.128. The summed E-state index contributed by atoms with van der Waals surface area (Å²) in [6.45, 7) is 0.263. The third-order valence-electron chi connectivity index (χ3n) is 3.43. The monoisotopic (exact) mass is 301 g/mol. The smallest absolute Gasteiger partial charge is 0.288 e. The first-order chi connectivity index (χ1) is 10.2. The maximum absolute atomic E-state index is 11.9. The molecule has 2 aromatic rings. The van der Waals surface area contributed by atoms with Gasteiger partial charge >= 0.3 is 0 Å². The fraction of sp³-hybridized carbons (Fsp3) is 0.267. The number of carbonyl (C=O) groups excluding carboxylic acids is 2. The van der Waals surface area contributed by atoms with Gasteiger partial charge in [0.05, 0.1) is 12.1 Å². The van der Waals surface area contributed by atoms with Crippen molar-refractivity contribution < 1.29 is 9.59 Å². The zero-order chi connectivity index (χ0) is 14.8. The number of para-hydroxylation sites is 1. The molecule has 5 nitrogen and oxygen atoms in total. The summed E-state index contributed by atoms with van der Waals surface area (Å²) in [4.78, 5) is 29.7. The van der Waals surface area contributed by atoms with E-state index in [1.54, 1.807) is 7.05 Å². The zero-order valence-electron chi connectivity index (χ0n) is 11.6. The van der Waals surface area contributed by atoms with Gasteiger partial charge in [-0.15, -0.1) is 0 Å². The standard InChI is InChI=1S/C15H15N3O2S/c1-16-14-11(8-10-4-2-3-5-12(10)17-14)9-18-13(19)6-7-21-15(18)20/h2-5,8H,6-7,9H2,1H3,(H,16,17). The van der Waals surface area contributed by atoms with Gasteiger partial charge < -0.3 is 5.32 Å². The van der Waals surface area contributed by atoms with Crippen LogP contribution >= 0.6 is 11.8 Å². The van der Waals surface area contributed by atoms with E-state index in [1.807, 2.05) is 30.3 Å². The lowest BCUT2D eigenvalue weighted by Crippen LogP contribution is -2.37. The number of carbonyl (C=O) groups is 2. The first kappa shape index (κ1) is 13.9. The quantitative estimate of drug-likeness (QED) is 0.944. The number of hydrogen-bond donors (Lipinski definition) is 1. The van der Waals surface area contributed by atoms with Crippen molar-refractivity contribution in [1.29, 1.82) is 0 Å². The zero-order valence-corrected chi connectivity index (χ0v) is 12.4. The summed E-state index contributed by atoms with van der Waals surface area (Å²) in [7, 11) is 1.79. The third kappa shape index (κ3) is 2.71. The fourth-order valence-electron chi connectivity index (χ4n) is 2.36. The summed E-state index contributed by atoms with van der Waals surface area (Å²) in [6.07, 6.45) is 0.409. The van der Waals surface area contributed by atoms with Crippen LogP contribution in [0.25, 0.3) is 10.9 Å². The molecule has 2 heterocycles. The van der Waals surface area contributed by atoms with Crippen molar-refractivity contribution in [2.24, 2.45) is 0 Å². The molecule has 108 valence electrons. The van der Waals surface area contributed by atoms with Crippen molar-refractivity contribution in [3.05, 3.63) is 35.9 Å². The van der Waals surface area contributed by atoms with E-state index >= 15 is 0 Å². The van der Waals surface area contributed by atoms with Gasteiger partial charge in [-0.1, -0.05) is 30.0 Å². The number of rotatable bonds is 3. The summed E-state index contributed by atoms with van der Waals surface area (Å²) in [6, 6.07) is 9.77. The van der Waals surface area contributed by atoms with Gasteiger partial charge in [0.1, 0.15) is 5.82 Å². The van der Waals surface area contributed by atoms with E-state index in [0.29, 0.717) is 18.0 Å². The fourth-order valence-corrected chi connectivity index (χ4v) is 3.13. The number of thioether (sulfide) groups is 1. The number of aromatic nitrogens is 1. The Balaban J connectivity index is 1.98. The van der Waals surface area contributed by atoms with Crippen molar-refractivity contribution in [3.63, 3.8) is 0 Å². The van der Waals surface area contributed by atoms with Crippen molar-refractivity contribution in [2.75, 3.05) is 18.1 Å². The molecule has 0 bridgehead atoms. The average Bonchev–Trinajstić information content (AvgIpc) is 2.50. The molecule has 6 heteroatoms. The molecule has 1 saturated heterocycles. The first-order valence-electron chi connectivity index (χ1n) is 6.72. The van der Waals surface area contributed by atoms with Gasteiger partial charge in [-0.3, -0.25) is 14.5 Å². The normalized spacial score (nSPS) is 15.6. The Bertz CT molecular complexity index is 701. The Morgan fingerprint density at radius 2 is 2.14 bits per heavy atom. The van der Waals surface area contributed by atoms with Gasteiger partial charge in [0.25, 0.3) is 5.24 Å². The van der Waals surface area contributed by atoms with E-state index in [9.17, 15) is 9.59 Å². The Morgan fingerprint density at radius 3 is 2.90 bits per heavy atom. The molecule has 0 atom stereocenters. The van der Waals surface area contributed by atoms with Crippen LogP contribution in [0, 0.1) is 0 Å². The van der Waals surface area contributed by atoms with E-state index in [-0.39, 0.29) is 17.7 Å². The number of anilines is 1. The summed E-state index contributed by atoms with van der Waals surface area (Å²) in [5.74, 6) is 1.15. The van der Waals surface area contributed by atoms with E-state index < -0.39 is 0 Å². The van der Waals surface area contributed by atoms with Crippen molar-refractivity contribution in [2.45, 2.75) is 13.0 Å². The van der Waals surface area contributed by atoms with Gasteiger partial charge in [0.15, 0.2) is 0 Å². The summed E-state index contributed by atoms with van der Waals surface area (Å²) in [5.41, 5.74) is 1.73. The molecular weight excluding hydrogens is 286 g/mol. The number of fused-ring (bicyclic) bond motifs is 1. The number of nitrogens with one attached hydrogen (secondary N) is 1.